The molecule has 0 radical (unpaired) electrons. The SMILES string of the molecule is Cn1cc(CNc2c(Cl)cc(Br)cc2Cl)c2ccccc21. The van der Waals surface area contributed by atoms with Crippen LogP contribution in [0.1, 0.15) is 5.56 Å². The van der Waals surface area contributed by atoms with Crippen molar-refractivity contribution in [3.8, 4) is 0 Å². The molecule has 108 valence electrons. The second-order valence-electron chi connectivity index (χ2n) is 4.88. The molecule has 3 aromatic rings. The molecule has 1 aromatic heterocycles. The summed E-state index contributed by atoms with van der Waals surface area (Å²) in [5, 5.41) is 5.78. The van der Waals surface area contributed by atoms with Crippen LogP contribution < -0.4 is 5.32 Å². The number of aromatic nitrogens is 1. The highest BCUT2D eigenvalue weighted by Gasteiger charge is 2.10. The van der Waals surface area contributed by atoms with E-state index in [0.29, 0.717) is 16.6 Å². The first-order chi connectivity index (χ1) is 10.1. The Morgan fingerprint density at radius 3 is 2.52 bits per heavy atom. The van der Waals surface area contributed by atoms with Crippen molar-refractivity contribution in [1.82, 2.24) is 4.57 Å². The Morgan fingerprint density at radius 1 is 1.14 bits per heavy atom. The third kappa shape index (κ3) is 2.91. The summed E-state index contributed by atoms with van der Waals surface area (Å²) in [4.78, 5) is 0. The number of hydrogen-bond donors (Lipinski definition) is 1. The Kier molecular flexibility index (Phi) is 4.16. The van der Waals surface area contributed by atoms with Gasteiger partial charge in [0, 0.05) is 35.2 Å². The minimum Gasteiger partial charge on any atom is -0.378 e. The van der Waals surface area contributed by atoms with Crippen LogP contribution in [0.2, 0.25) is 10.0 Å². The summed E-state index contributed by atoms with van der Waals surface area (Å²) < 4.78 is 2.99. The molecule has 0 saturated carbocycles. The molecule has 0 amide bonds. The van der Waals surface area contributed by atoms with E-state index in [9.17, 15) is 0 Å². The fraction of sp³-hybridized carbons (Fsp3) is 0.125. The van der Waals surface area contributed by atoms with Gasteiger partial charge in [0.05, 0.1) is 15.7 Å². The molecule has 0 bridgehead atoms. The predicted octanol–water partition coefficient (Wildman–Crippen LogP) is 5.86. The van der Waals surface area contributed by atoms with Crippen LogP contribution in [0.15, 0.2) is 47.1 Å². The summed E-state index contributed by atoms with van der Waals surface area (Å²) in [5.41, 5.74) is 3.18. The van der Waals surface area contributed by atoms with Crippen molar-refractivity contribution >= 4 is 55.7 Å². The summed E-state index contributed by atoms with van der Waals surface area (Å²) in [7, 11) is 2.05. The third-order valence-electron chi connectivity index (χ3n) is 3.44. The first-order valence-corrected chi connectivity index (χ1v) is 8.02. The van der Waals surface area contributed by atoms with Gasteiger partial charge in [-0.05, 0) is 23.8 Å². The number of benzene rings is 2. The monoisotopic (exact) mass is 382 g/mol. The zero-order chi connectivity index (χ0) is 15.0. The minimum absolute atomic E-state index is 0.606. The summed E-state index contributed by atoms with van der Waals surface area (Å²) >= 11 is 15.9. The van der Waals surface area contributed by atoms with Crippen molar-refractivity contribution in [1.29, 1.82) is 0 Å². The highest BCUT2D eigenvalue weighted by Crippen LogP contribution is 2.34. The molecule has 0 fully saturated rings. The topological polar surface area (TPSA) is 17.0 Å². The molecule has 0 saturated heterocycles. The average molecular weight is 384 g/mol. The maximum atomic E-state index is 6.24. The van der Waals surface area contributed by atoms with Crippen molar-refractivity contribution in [3.63, 3.8) is 0 Å². The number of aryl methyl sites for hydroxylation is 1. The molecule has 0 aliphatic carbocycles. The lowest BCUT2D eigenvalue weighted by molar-refractivity contribution is 0.956. The number of para-hydroxylation sites is 1. The minimum atomic E-state index is 0.606. The van der Waals surface area contributed by atoms with E-state index in [1.54, 1.807) is 0 Å². The van der Waals surface area contributed by atoms with Crippen molar-refractivity contribution in [2.75, 3.05) is 5.32 Å². The third-order valence-corrected chi connectivity index (χ3v) is 4.50. The molecule has 5 heteroatoms. The second-order valence-corrected chi connectivity index (χ2v) is 6.61. The molecular formula is C16H13BrCl2N2. The molecule has 0 spiro atoms. The van der Waals surface area contributed by atoms with Gasteiger partial charge in [-0.1, -0.05) is 57.3 Å². The lowest BCUT2D eigenvalue weighted by Crippen LogP contribution is -2.00. The average Bonchev–Trinajstić information content (AvgIpc) is 2.75. The van der Waals surface area contributed by atoms with Gasteiger partial charge >= 0.3 is 0 Å². The van der Waals surface area contributed by atoms with Crippen LogP contribution in [-0.4, -0.2) is 4.57 Å². The summed E-state index contributed by atoms with van der Waals surface area (Å²) in [6.45, 7) is 0.669. The second kappa shape index (κ2) is 5.91. The van der Waals surface area contributed by atoms with Crippen molar-refractivity contribution in [3.05, 3.63) is 62.7 Å². The highest BCUT2D eigenvalue weighted by molar-refractivity contribution is 9.10. The lowest BCUT2D eigenvalue weighted by Gasteiger charge is -2.10. The molecule has 0 unspecified atom stereocenters. The standard InChI is InChI=1S/C16H13BrCl2N2/c1-21-9-10(12-4-2-3-5-15(12)21)8-20-16-13(18)6-11(17)7-14(16)19/h2-7,9,20H,8H2,1H3. The smallest absolute Gasteiger partial charge is 0.0722 e. The maximum Gasteiger partial charge on any atom is 0.0722 e. The fourth-order valence-corrected chi connectivity index (χ4v) is 3.80. The Labute approximate surface area is 141 Å². The van der Waals surface area contributed by atoms with Gasteiger partial charge in [0.1, 0.15) is 0 Å². The van der Waals surface area contributed by atoms with Crippen LogP contribution in [0.4, 0.5) is 5.69 Å². The molecular weight excluding hydrogens is 371 g/mol. The van der Waals surface area contributed by atoms with E-state index in [0.717, 1.165) is 10.2 Å². The van der Waals surface area contributed by atoms with Crippen molar-refractivity contribution in [2.45, 2.75) is 6.54 Å². The van der Waals surface area contributed by atoms with Gasteiger partial charge in [0.2, 0.25) is 0 Å². The zero-order valence-corrected chi connectivity index (χ0v) is 14.4. The molecule has 0 aliphatic rings. The van der Waals surface area contributed by atoms with Crippen molar-refractivity contribution in [2.24, 2.45) is 7.05 Å². The number of nitrogens with one attached hydrogen (secondary N) is 1. The Morgan fingerprint density at radius 2 is 1.81 bits per heavy atom. The van der Waals surface area contributed by atoms with E-state index in [4.69, 9.17) is 23.2 Å². The molecule has 1 heterocycles. The highest BCUT2D eigenvalue weighted by atomic mass is 79.9. The Bertz CT molecular complexity index is 788. The number of fused-ring (bicyclic) bond motifs is 1. The maximum absolute atomic E-state index is 6.24. The van der Waals surface area contributed by atoms with Gasteiger partial charge < -0.3 is 9.88 Å². The molecule has 2 nitrogen and oxygen atoms in total. The van der Waals surface area contributed by atoms with Crippen LogP contribution in [0.3, 0.4) is 0 Å². The van der Waals surface area contributed by atoms with E-state index in [-0.39, 0.29) is 0 Å². The number of nitrogens with zero attached hydrogens (tertiary/aromatic N) is 1. The number of anilines is 1. The lowest BCUT2D eigenvalue weighted by atomic mass is 10.2. The first kappa shape index (κ1) is 14.8. The molecule has 2 aromatic carbocycles. The predicted molar refractivity (Wildman–Crippen MR) is 94.4 cm³/mol. The van der Waals surface area contributed by atoms with Gasteiger partial charge in [0.25, 0.3) is 0 Å². The Balaban J connectivity index is 1.91. The van der Waals surface area contributed by atoms with Crippen LogP contribution in [0.25, 0.3) is 10.9 Å². The zero-order valence-electron chi connectivity index (χ0n) is 11.3. The van der Waals surface area contributed by atoms with E-state index in [1.165, 1.54) is 16.5 Å². The van der Waals surface area contributed by atoms with E-state index >= 15 is 0 Å². The largest absolute Gasteiger partial charge is 0.378 e. The van der Waals surface area contributed by atoms with Gasteiger partial charge in [-0.25, -0.2) is 0 Å². The Hall–Kier alpha value is -1.16. The van der Waals surface area contributed by atoms with Crippen LogP contribution >= 0.6 is 39.1 Å². The number of hydrogen-bond acceptors (Lipinski definition) is 1. The number of rotatable bonds is 3. The van der Waals surface area contributed by atoms with E-state index in [1.807, 2.05) is 31.3 Å². The molecule has 3 rings (SSSR count). The normalized spacial score (nSPS) is 11.0. The fourth-order valence-electron chi connectivity index (χ4n) is 2.46. The van der Waals surface area contributed by atoms with E-state index < -0.39 is 0 Å². The molecule has 1 N–H and O–H groups in total. The quantitative estimate of drug-likeness (QED) is 0.599. The first-order valence-electron chi connectivity index (χ1n) is 6.47. The van der Waals surface area contributed by atoms with E-state index in [2.05, 4.69) is 44.1 Å². The molecule has 0 aliphatic heterocycles. The summed E-state index contributed by atoms with van der Waals surface area (Å²) in [6.07, 6.45) is 2.12. The van der Waals surface area contributed by atoms with Gasteiger partial charge in [-0.3, -0.25) is 0 Å². The van der Waals surface area contributed by atoms with Gasteiger partial charge in [0.15, 0.2) is 0 Å². The summed E-state index contributed by atoms with van der Waals surface area (Å²) in [6, 6.07) is 12.0. The van der Waals surface area contributed by atoms with Gasteiger partial charge in [-0.2, -0.15) is 0 Å². The summed E-state index contributed by atoms with van der Waals surface area (Å²) in [5.74, 6) is 0. The van der Waals surface area contributed by atoms with Crippen molar-refractivity contribution < 1.29 is 0 Å². The molecule has 0 atom stereocenters. The number of halogens is 3. The van der Waals surface area contributed by atoms with Gasteiger partial charge in [-0.15, -0.1) is 0 Å². The molecule has 21 heavy (non-hydrogen) atoms. The van der Waals surface area contributed by atoms with Crippen LogP contribution in [0, 0.1) is 0 Å². The van der Waals surface area contributed by atoms with Crippen LogP contribution in [0.5, 0.6) is 0 Å². The van der Waals surface area contributed by atoms with Crippen LogP contribution in [-0.2, 0) is 13.6 Å².